The first-order chi connectivity index (χ1) is 7.19. The van der Waals surface area contributed by atoms with Gasteiger partial charge >= 0.3 is 0 Å². The van der Waals surface area contributed by atoms with Gasteiger partial charge in [0, 0.05) is 29.2 Å². The van der Waals surface area contributed by atoms with Gasteiger partial charge in [-0.05, 0) is 30.3 Å². The maximum absolute atomic E-state index is 10.9. The van der Waals surface area contributed by atoms with Crippen LogP contribution in [0, 0.1) is 11.8 Å². The predicted octanol–water partition coefficient (Wildman–Crippen LogP) is 2.70. The Morgan fingerprint density at radius 3 is 2.73 bits per heavy atom. The Morgan fingerprint density at radius 1 is 1.40 bits per heavy atom. The normalized spacial score (nSPS) is 10.5. The van der Waals surface area contributed by atoms with E-state index < -0.39 is 0 Å². The second kappa shape index (κ2) is 3.31. The van der Waals surface area contributed by atoms with Gasteiger partial charge in [-0.1, -0.05) is 0 Å². The van der Waals surface area contributed by atoms with Crippen LogP contribution in [0.1, 0.15) is 16.1 Å². The Kier molecular flexibility index (Phi) is 2.11. The zero-order valence-corrected chi connectivity index (χ0v) is 8.52. The van der Waals surface area contributed by atoms with Crippen molar-refractivity contribution >= 4 is 22.9 Å². The van der Waals surface area contributed by atoms with Gasteiger partial charge in [0.1, 0.15) is 5.69 Å². The summed E-state index contributed by atoms with van der Waals surface area (Å²) < 4.78 is 1.92. The lowest BCUT2D eigenvalue weighted by atomic mass is 10.1. The largest absolute Gasteiger partial charge is 0.347 e. The fourth-order valence-electron chi connectivity index (χ4n) is 1.79. The van der Waals surface area contributed by atoms with Crippen LogP contribution in [0.2, 0.25) is 0 Å². The van der Waals surface area contributed by atoms with Crippen LogP contribution in [0.15, 0.2) is 23.4 Å². The van der Waals surface area contributed by atoms with Crippen molar-refractivity contribution in [3.8, 4) is 0 Å². The number of nitroso groups, excluding NO2 is 1. The lowest BCUT2D eigenvalue weighted by molar-refractivity contribution is 0.112. The van der Waals surface area contributed by atoms with Crippen LogP contribution < -0.4 is 0 Å². The highest BCUT2D eigenvalue weighted by Gasteiger charge is 2.11. The summed E-state index contributed by atoms with van der Waals surface area (Å²) in [5.41, 5.74) is 2.79. The number of carbonyl (C=O) groups excluding carboxylic acids is 1. The molecule has 1 aromatic heterocycles. The molecule has 0 spiro atoms. The van der Waals surface area contributed by atoms with Crippen molar-refractivity contribution in [1.29, 1.82) is 0 Å². The summed E-state index contributed by atoms with van der Waals surface area (Å²) in [6.07, 6.45) is 0.812. The van der Waals surface area contributed by atoms with E-state index in [2.05, 4.69) is 5.18 Å². The van der Waals surface area contributed by atoms with Gasteiger partial charge in [0.15, 0.2) is 6.29 Å². The van der Waals surface area contributed by atoms with Crippen molar-refractivity contribution in [1.82, 2.24) is 4.57 Å². The van der Waals surface area contributed by atoms with Crippen LogP contribution in [-0.2, 0) is 7.05 Å². The molecular formula is C11H10N2O2. The molecule has 0 N–H and O–H groups in total. The molecule has 15 heavy (non-hydrogen) atoms. The second-order valence-electron chi connectivity index (χ2n) is 3.47. The zero-order valence-electron chi connectivity index (χ0n) is 8.52. The maximum Gasteiger partial charge on any atom is 0.152 e. The molecule has 2 rings (SSSR count). The molecule has 0 saturated carbocycles. The van der Waals surface area contributed by atoms with E-state index in [1.54, 1.807) is 18.2 Å². The Labute approximate surface area is 86.5 Å². The molecule has 0 aliphatic carbocycles. The van der Waals surface area contributed by atoms with Gasteiger partial charge in [0.2, 0.25) is 0 Å². The van der Waals surface area contributed by atoms with Gasteiger partial charge in [-0.25, -0.2) is 0 Å². The Balaban J connectivity index is 2.91. The molecule has 2 aromatic rings. The summed E-state index contributed by atoms with van der Waals surface area (Å²) in [5.74, 6) is 0. The van der Waals surface area contributed by atoms with Crippen LogP contribution in [0.25, 0.3) is 10.9 Å². The van der Waals surface area contributed by atoms with E-state index in [1.807, 2.05) is 18.5 Å². The first-order valence-electron chi connectivity index (χ1n) is 4.56. The minimum Gasteiger partial charge on any atom is -0.347 e. The van der Waals surface area contributed by atoms with E-state index in [9.17, 15) is 9.70 Å². The molecule has 76 valence electrons. The summed E-state index contributed by atoms with van der Waals surface area (Å²) in [7, 11) is 1.89. The number of aryl methyl sites for hydroxylation is 1. The molecule has 1 aromatic carbocycles. The average molecular weight is 202 g/mol. The lowest BCUT2D eigenvalue weighted by Gasteiger charge is -1.97. The van der Waals surface area contributed by atoms with Crippen molar-refractivity contribution in [2.24, 2.45) is 12.2 Å². The number of hydrogen-bond acceptors (Lipinski definition) is 3. The molecule has 0 saturated heterocycles. The highest BCUT2D eigenvalue weighted by Crippen LogP contribution is 2.27. The summed E-state index contributed by atoms with van der Waals surface area (Å²) >= 11 is 0. The van der Waals surface area contributed by atoms with E-state index >= 15 is 0 Å². The molecule has 0 atom stereocenters. The smallest absolute Gasteiger partial charge is 0.152 e. The van der Waals surface area contributed by atoms with Gasteiger partial charge < -0.3 is 4.57 Å². The highest BCUT2D eigenvalue weighted by molar-refractivity contribution is 6.00. The third kappa shape index (κ3) is 1.26. The average Bonchev–Trinajstić information content (AvgIpc) is 2.51. The molecule has 0 aliphatic heterocycles. The first-order valence-corrected chi connectivity index (χ1v) is 4.56. The fourth-order valence-corrected chi connectivity index (χ4v) is 1.79. The number of benzene rings is 1. The quantitative estimate of drug-likeness (QED) is 0.555. The minimum absolute atomic E-state index is 0.344. The number of nitrogens with zero attached hydrogens (tertiary/aromatic N) is 2. The van der Waals surface area contributed by atoms with E-state index in [-0.39, 0.29) is 0 Å². The molecule has 4 heteroatoms. The second-order valence-corrected chi connectivity index (χ2v) is 3.47. The first kappa shape index (κ1) is 9.58. The number of aldehydes is 1. The van der Waals surface area contributed by atoms with Crippen LogP contribution in [-0.4, -0.2) is 10.9 Å². The topological polar surface area (TPSA) is 51.4 Å². The highest BCUT2D eigenvalue weighted by atomic mass is 16.3. The van der Waals surface area contributed by atoms with Crippen molar-refractivity contribution in [3.05, 3.63) is 34.4 Å². The van der Waals surface area contributed by atoms with Crippen LogP contribution >= 0.6 is 0 Å². The minimum atomic E-state index is 0.344. The van der Waals surface area contributed by atoms with E-state index in [0.717, 1.165) is 22.9 Å². The van der Waals surface area contributed by atoms with Crippen LogP contribution in [0.5, 0.6) is 0 Å². The third-order valence-electron chi connectivity index (χ3n) is 2.75. The predicted molar refractivity (Wildman–Crippen MR) is 58.5 cm³/mol. The van der Waals surface area contributed by atoms with Crippen LogP contribution in [0.3, 0.4) is 0 Å². The Hall–Kier alpha value is -1.97. The molecule has 0 bridgehead atoms. The molecule has 0 radical (unpaired) electrons. The zero-order chi connectivity index (χ0) is 11.0. The molecule has 0 unspecified atom stereocenters. The number of rotatable bonds is 2. The van der Waals surface area contributed by atoms with E-state index in [0.29, 0.717) is 11.3 Å². The molecule has 0 aliphatic rings. The van der Waals surface area contributed by atoms with E-state index in [4.69, 9.17) is 0 Å². The van der Waals surface area contributed by atoms with Crippen molar-refractivity contribution in [2.45, 2.75) is 6.92 Å². The lowest BCUT2D eigenvalue weighted by Crippen LogP contribution is -1.91. The summed E-state index contributed by atoms with van der Waals surface area (Å²) in [6, 6.07) is 5.08. The van der Waals surface area contributed by atoms with Crippen molar-refractivity contribution in [2.75, 3.05) is 0 Å². The summed E-state index contributed by atoms with van der Waals surface area (Å²) in [6.45, 7) is 1.87. The monoisotopic (exact) mass is 202 g/mol. The van der Waals surface area contributed by atoms with Crippen LogP contribution in [0.4, 0.5) is 5.69 Å². The molecule has 0 fully saturated rings. The fraction of sp³-hybridized carbons (Fsp3) is 0.182. The molecule has 0 amide bonds. The third-order valence-corrected chi connectivity index (χ3v) is 2.75. The molecule has 4 nitrogen and oxygen atoms in total. The van der Waals surface area contributed by atoms with Gasteiger partial charge in [-0.3, -0.25) is 4.79 Å². The SMILES string of the molecule is Cc1c(C=O)c2cc(N=O)ccc2n1C. The van der Waals surface area contributed by atoms with Crippen molar-refractivity contribution < 1.29 is 4.79 Å². The number of aromatic nitrogens is 1. The van der Waals surface area contributed by atoms with Gasteiger partial charge in [0.05, 0.1) is 0 Å². The van der Waals surface area contributed by atoms with Gasteiger partial charge in [-0.15, -0.1) is 4.91 Å². The number of hydrogen-bond donors (Lipinski definition) is 0. The standard InChI is InChI=1S/C11H10N2O2/c1-7-10(6-14)9-5-8(12-15)3-4-11(9)13(7)2/h3-6H,1-2H3. The van der Waals surface area contributed by atoms with E-state index in [1.165, 1.54) is 0 Å². The number of fused-ring (bicyclic) bond motifs is 1. The maximum atomic E-state index is 10.9. The van der Waals surface area contributed by atoms with Gasteiger partial charge in [0.25, 0.3) is 0 Å². The summed E-state index contributed by atoms with van der Waals surface area (Å²) in [5, 5.41) is 3.64. The molecular weight excluding hydrogens is 192 g/mol. The number of carbonyl (C=O) groups is 1. The Bertz CT molecular complexity index is 555. The molecule has 1 heterocycles. The van der Waals surface area contributed by atoms with Crippen molar-refractivity contribution in [3.63, 3.8) is 0 Å². The Morgan fingerprint density at radius 2 is 2.13 bits per heavy atom. The summed E-state index contributed by atoms with van der Waals surface area (Å²) in [4.78, 5) is 21.3. The van der Waals surface area contributed by atoms with Gasteiger partial charge in [-0.2, -0.15) is 0 Å².